The maximum atomic E-state index is 6.28. The van der Waals surface area contributed by atoms with Crippen LogP contribution < -0.4 is 4.90 Å². The van der Waals surface area contributed by atoms with Crippen LogP contribution in [0.5, 0.6) is 0 Å². The number of hydrogen-bond acceptors (Lipinski definition) is 2. The van der Waals surface area contributed by atoms with Crippen molar-refractivity contribution in [1.82, 2.24) is 0 Å². The molecule has 0 saturated carbocycles. The summed E-state index contributed by atoms with van der Waals surface area (Å²) < 4.78 is 6.28. The smallest absolute Gasteiger partial charge is 0.137 e. The first-order valence-electron chi connectivity index (χ1n) is 14.4. The molecular formula is C40H25NO. The molecule has 0 aliphatic rings. The first kappa shape index (κ1) is 23.1. The van der Waals surface area contributed by atoms with Gasteiger partial charge >= 0.3 is 0 Å². The number of nitrogens with zero attached hydrogens (tertiary/aromatic N) is 1. The Kier molecular flexibility index (Phi) is 4.93. The average Bonchev–Trinajstić information content (AvgIpc) is 3.43. The Labute approximate surface area is 242 Å². The van der Waals surface area contributed by atoms with Gasteiger partial charge in [-0.25, -0.2) is 0 Å². The highest BCUT2D eigenvalue weighted by atomic mass is 16.3. The summed E-state index contributed by atoms with van der Waals surface area (Å²) in [5, 5.41) is 12.5. The summed E-state index contributed by atoms with van der Waals surface area (Å²) in [6.45, 7) is 0. The standard InChI is InChI=1S/C40H25NO/c1-2-9-29(10-3-1)41(31-19-23-36-35-12-6-7-13-38(35)42-39(36)25-31)30-18-22-33-28(24-30)15-14-27-17-20-34-32-11-5-4-8-26(32)16-21-37(34)40(27)33/h1-25H. The first-order chi connectivity index (χ1) is 20.8. The van der Waals surface area contributed by atoms with E-state index in [2.05, 4.69) is 144 Å². The van der Waals surface area contributed by atoms with E-state index in [0.29, 0.717) is 0 Å². The second kappa shape index (κ2) is 8.95. The van der Waals surface area contributed by atoms with Crippen molar-refractivity contribution in [3.8, 4) is 0 Å². The van der Waals surface area contributed by atoms with Gasteiger partial charge in [0.2, 0.25) is 0 Å². The molecule has 0 spiro atoms. The summed E-state index contributed by atoms with van der Waals surface area (Å²) >= 11 is 0. The maximum Gasteiger partial charge on any atom is 0.137 e. The number of hydrogen-bond donors (Lipinski definition) is 0. The molecular weight excluding hydrogens is 510 g/mol. The Morgan fingerprint density at radius 1 is 0.333 bits per heavy atom. The van der Waals surface area contributed by atoms with Crippen molar-refractivity contribution in [3.63, 3.8) is 0 Å². The molecule has 9 aromatic rings. The number of furan rings is 1. The molecule has 0 fully saturated rings. The summed E-state index contributed by atoms with van der Waals surface area (Å²) in [5.41, 5.74) is 5.07. The third-order valence-electron chi connectivity index (χ3n) is 8.60. The van der Waals surface area contributed by atoms with Gasteiger partial charge in [-0.3, -0.25) is 0 Å². The largest absolute Gasteiger partial charge is 0.456 e. The fourth-order valence-corrected chi connectivity index (χ4v) is 6.66. The number of rotatable bonds is 3. The van der Waals surface area contributed by atoms with E-state index in [1.807, 2.05) is 12.1 Å². The van der Waals surface area contributed by atoms with Crippen LogP contribution in [0.15, 0.2) is 156 Å². The van der Waals surface area contributed by atoms with E-state index in [9.17, 15) is 0 Å². The second-order valence-electron chi connectivity index (χ2n) is 11.0. The van der Waals surface area contributed by atoms with Crippen LogP contribution in [0.25, 0.3) is 65.0 Å². The number of anilines is 3. The van der Waals surface area contributed by atoms with Crippen LogP contribution in [0.4, 0.5) is 17.1 Å². The van der Waals surface area contributed by atoms with Crippen molar-refractivity contribution >= 4 is 82.1 Å². The normalized spacial score (nSPS) is 11.8. The molecule has 2 heteroatoms. The molecule has 0 bridgehead atoms. The first-order valence-corrected chi connectivity index (χ1v) is 14.4. The lowest BCUT2D eigenvalue weighted by atomic mass is 9.93. The van der Waals surface area contributed by atoms with Gasteiger partial charge in [0.1, 0.15) is 11.2 Å². The quantitative estimate of drug-likeness (QED) is 0.209. The molecule has 2 nitrogen and oxygen atoms in total. The number of para-hydroxylation sites is 2. The van der Waals surface area contributed by atoms with Crippen molar-refractivity contribution in [3.05, 3.63) is 152 Å². The minimum atomic E-state index is 0.889. The van der Waals surface area contributed by atoms with E-state index in [0.717, 1.165) is 39.0 Å². The second-order valence-corrected chi connectivity index (χ2v) is 11.0. The van der Waals surface area contributed by atoms with Crippen molar-refractivity contribution in [1.29, 1.82) is 0 Å². The predicted molar refractivity (Wildman–Crippen MR) is 178 cm³/mol. The zero-order valence-corrected chi connectivity index (χ0v) is 22.8. The molecule has 42 heavy (non-hydrogen) atoms. The Morgan fingerprint density at radius 3 is 1.86 bits per heavy atom. The van der Waals surface area contributed by atoms with Crippen molar-refractivity contribution < 1.29 is 4.42 Å². The van der Waals surface area contributed by atoms with Gasteiger partial charge in [0.15, 0.2) is 0 Å². The highest BCUT2D eigenvalue weighted by Gasteiger charge is 2.16. The van der Waals surface area contributed by atoms with Gasteiger partial charge in [-0.05, 0) is 85.6 Å². The summed E-state index contributed by atoms with van der Waals surface area (Å²) in [7, 11) is 0. The lowest BCUT2D eigenvalue weighted by Gasteiger charge is -2.26. The van der Waals surface area contributed by atoms with Crippen molar-refractivity contribution in [2.24, 2.45) is 0 Å². The third-order valence-corrected chi connectivity index (χ3v) is 8.60. The highest BCUT2D eigenvalue weighted by molar-refractivity contribution is 6.24. The van der Waals surface area contributed by atoms with Crippen molar-refractivity contribution in [2.45, 2.75) is 0 Å². The van der Waals surface area contributed by atoms with Crippen LogP contribution in [-0.4, -0.2) is 0 Å². The fraction of sp³-hybridized carbons (Fsp3) is 0. The fourth-order valence-electron chi connectivity index (χ4n) is 6.66. The maximum absolute atomic E-state index is 6.28. The Bertz CT molecular complexity index is 2470. The van der Waals surface area contributed by atoms with Crippen LogP contribution in [0.1, 0.15) is 0 Å². The molecule has 0 aliphatic carbocycles. The molecule has 0 radical (unpaired) electrons. The van der Waals surface area contributed by atoms with Crippen molar-refractivity contribution in [2.75, 3.05) is 4.90 Å². The predicted octanol–water partition coefficient (Wildman–Crippen LogP) is 11.7. The van der Waals surface area contributed by atoms with E-state index >= 15 is 0 Å². The SMILES string of the molecule is c1ccc(N(c2ccc3c(ccc4ccc5c6ccccc6ccc5c43)c2)c2ccc3c(c2)oc2ccccc23)cc1. The molecule has 0 N–H and O–H groups in total. The molecule has 1 heterocycles. The molecule has 0 unspecified atom stereocenters. The van der Waals surface area contributed by atoms with Gasteiger partial charge in [-0.1, -0.05) is 103 Å². The van der Waals surface area contributed by atoms with Crippen LogP contribution >= 0.6 is 0 Å². The molecule has 0 atom stereocenters. The van der Waals surface area contributed by atoms with Crippen LogP contribution in [0.3, 0.4) is 0 Å². The third kappa shape index (κ3) is 3.45. The Balaban J connectivity index is 1.27. The Hall–Kier alpha value is -5.60. The van der Waals surface area contributed by atoms with Gasteiger partial charge in [-0.15, -0.1) is 0 Å². The molecule has 1 aromatic heterocycles. The minimum Gasteiger partial charge on any atom is -0.456 e. The van der Waals surface area contributed by atoms with E-state index < -0.39 is 0 Å². The van der Waals surface area contributed by atoms with Gasteiger partial charge in [0, 0.05) is 33.9 Å². The molecule has 0 amide bonds. The average molecular weight is 536 g/mol. The molecule has 8 aromatic carbocycles. The van der Waals surface area contributed by atoms with Gasteiger partial charge < -0.3 is 9.32 Å². The summed E-state index contributed by atoms with van der Waals surface area (Å²) in [5.74, 6) is 0. The Morgan fingerprint density at radius 2 is 0.952 bits per heavy atom. The lowest BCUT2D eigenvalue weighted by molar-refractivity contribution is 0.669. The molecule has 0 aliphatic heterocycles. The van der Waals surface area contributed by atoms with Gasteiger partial charge in [0.25, 0.3) is 0 Å². The lowest BCUT2D eigenvalue weighted by Crippen LogP contribution is -2.09. The highest BCUT2D eigenvalue weighted by Crippen LogP contribution is 2.41. The number of fused-ring (bicyclic) bond motifs is 10. The molecule has 9 rings (SSSR count). The summed E-state index contributed by atoms with van der Waals surface area (Å²) in [6, 6.07) is 54.4. The van der Waals surface area contributed by atoms with Crippen LogP contribution in [-0.2, 0) is 0 Å². The monoisotopic (exact) mass is 535 g/mol. The van der Waals surface area contributed by atoms with E-state index in [-0.39, 0.29) is 0 Å². The number of benzene rings is 8. The van der Waals surface area contributed by atoms with Gasteiger partial charge in [-0.2, -0.15) is 0 Å². The summed E-state index contributed by atoms with van der Waals surface area (Å²) in [4.78, 5) is 2.31. The van der Waals surface area contributed by atoms with E-state index in [1.54, 1.807) is 0 Å². The zero-order chi connectivity index (χ0) is 27.6. The zero-order valence-electron chi connectivity index (χ0n) is 22.8. The van der Waals surface area contributed by atoms with E-state index in [4.69, 9.17) is 4.42 Å². The summed E-state index contributed by atoms with van der Waals surface area (Å²) in [6.07, 6.45) is 0. The molecule has 196 valence electrons. The van der Waals surface area contributed by atoms with Gasteiger partial charge in [0.05, 0.1) is 0 Å². The molecule has 0 saturated heterocycles. The van der Waals surface area contributed by atoms with E-state index in [1.165, 1.54) is 43.1 Å². The minimum absolute atomic E-state index is 0.889. The van der Waals surface area contributed by atoms with Crippen LogP contribution in [0.2, 0.25) is 0 Å². The van der Waals surface area contributed by atoms with Crippen LogP contribution in [0, 0.1) is 0 Å². The topological polar surface area (TPSA) is 16.4 Å².